The summed E-state index contributed by atoms with van der Waals surface area (Å²) in [6.07, 6.45) is 2.10. The van der Waals surface area contributed by atoms with E-state index in [0.29, 0.717) is 54.3 Å². The van der Waals surface area contributed by atoms with E-state index in [4.69, 9.17) is 14.5 Å². The molecule has 198 valence electrons. The van der Waals surface area contributed by atoms with E-state index in [9.17, 15) is 14.4 Å². The number of nitrogens with one attached hydrogen (secondary N) is 1. The Morgan fingerprint density at radius 2 is 1.89 bits per heavy atom. The normalized spacial score (nSPS) is 14.1. The van der Waals surface area contributed by atoms with Gasteiger partial charge in [0.25, 0.3) is 5.56 Å². The second-order valence-electron chi connectivity index (χ2n) is 10.4. The zero-order valence-corrected chi connectivity index (χ0v) is 22.4. The van der Waals surface area contributed by atoms with E-state index in [1.165, 1.54) is 6.92 Å². The largest absolute Gasteiger partial charge is 0.493 e. The smallest absolute Gasteiger partial charge is 0.410 e. The van der Waals surface area contributed by atoms with E-state index in [-0.39, 0.29) is 29.0 Å². The molecule has 0 saturated carbocycles. The van der Waals surface area contributed by atoms with Crippen LogP contribution in [0.3, 0.4) is 0 Å². The van der Waals surface area contributed by atoms with Crippen LogP contribution in [0.5, 0.6) is 5.75 Å². The summed E-state index contributed by atoms with van der Waals surface area (Å²) in [4.78, 5) is 46.8. The van der Waals surface area contributed by atoms with Crippen molar-refractivity contribution >= 4 is 22.9 Å². The van der Waals surface area contributed by atoms with Crippen molar-refractivity contribution in [2.75, 3.05) is 19.7 Å². The lowest BCUT2D eigenvalue weighted by atomic mass is 10.1. The van der Waals surface area contributed by atoms with Crippen molar-refractivity contribution in [3.8, 4) is 17.1 Å². The van der Waals surface area contributed by atoms with Crippen LogP contribution in [0.15, 0.2) is 23.0 Å². The number of aromatic nitrogens is 4. The Labute approximate surface area is 216 Å². The molecule has 1 aromatic carbocycles. The summed E-state index contributed by atoms with van der Waals surface area (Å²) in [7, 11) is 0. The van der Waals surface area contributed by atoms with Crippen molar-refractivity contribution < 1.29 is 19.1 Å². The quantitative estimate of drug-likeness (QED) is 0.350. The summed E-state index contributed by atoms with van der Waals surface area (Å²) in [6, 6.07) is 5.09. The zero-order chi connectivity index (χ0) is 26.9. The van der Waals surface area contributed by atoms with Crippen LogP contribution in [-0.4, -0.2) is 61.8 Å². The lowest BCUT2D eigenvalue weighted by Crippen LogP contribution is -2.52. The number of amides is 1. The fraction of sp³-hybridized carbons (Fsp3) is 0.519. The lowest BCUT2D eigenvalue weighted by molar-refractivity contribution is -0.000647. The molecule has 4 rings (SSSR count). The molecule has 1 fully saturated rings. The van der Waals surface area contributed by atoms with E-state index in [1.807, 2.05) is 32.4 Å². The van der Waals surface area contributed by atoms with E-state index in [2.05, 4.69) is 17.0 Å². The van der Waals surface area contributed by atoms with Crippen LogP contribution in [0.25, 0.3) is 22.4 Å². The Balaban J connectivity index is 1.70. The molecule has 3 aromatic rings. The molecular formula is C27H35N5O5. The van der Waals surface area contributed by atoms with E-state index >= 15 is 0 Å². The van der Waals surface area contributed by atoms with Crippen molar-refractivity contribution in [3.63, 3.8) is 0 Å². The van der Waals surface area contributed by atoms with Crippen molar-refractivity contribution in [2.24, 2.45) is 0 Å². The molecule has 1 aliphatic heterocycles. The Morgan fingerprint density at radius 1 is 1.16 bits per heavy atom. The summed E-state index contributed by atoms with van der Waals surface area (Å²) in [6.45, 7) is 12.5. The number of rotatable bonds is 8. The maximum absolute atomic E-state index is 13.1. The van der Waals surface area contributed by atoms with Gasteiger partial charge in [0.1, 0.15) is 22.7 Å². The molecule has 1 saturated heterocycles. The fourth-order valence-electron chi connectivity index (χ4n) is 4.27. The number of carbonyl (C=O) groups excluding carboxylic acids is 2. The van der Waals surface area contributed by atoms with Gasteiger partial charge in [-0.2, -0.15) is 5.10 Å². The van der Waals surface area contributed by atoms with Crippen LogP contribution in [0.4, 0.5) is 4.79 Å². The molecule has 0 spiro atoms. The van der Waals surface area contributed by atoms with Crippen LogP contribution in [0, 0.1) is 0 Å². The van der Waals surface area contributed by atoms with Gasteiger partial charge in [-0.25, -0.2) is 9.78 Å². The minimum atomic E-state index is -0.566. The summed E-state index contributed by atoms with van der Waals surface area (Å²) < 4.78 is 13.2. The number of unbranched alkanes of at least 4 members (excludes halogenated alkanes) is 1. The zero-order valence-electron chi connectivity index (χ0n) is 22.4. The van der Waals surface area contributed by atoms with Crippen molar-refractivity contribution in [3.05, 3.63) is 39.8 Å². The van der Waals surface area contributed by atoms with Gasteiger partial charge in [-0.15, -0.1) is 0 Å². The second-order valence-corrected chi connectivity index (χ2v) is 10.4. The number of Topliss-reactive ketones (excluding diaryl/α,β-unsaturated/α-hetero) is 1. The number of aryl methyl sites for hydroxylation is 1. The van der Waals surface area contributed by atoms with Crippen molar-refractivity contribution in [2.45, 2.75) is 72.4 Å². The molecule has 0 atom stereocenters. The minimum absolute atomic E-state index is 0.0755. The first-order valence-corrected chi connectivity index (χ1v) is 12.8. The first kappa shape index (κ1) is 26.4. The summed E-state index contributed by atoms with van der Waals surface area (Å²) in [5.74, 6) is 0.787. The Bertz CT molecular complexity index is 1380. The van der Waals surface area contributed by atoms with Gasteiger partial charge >= 0.3 is 6.09 Å². The minimum Gasteiger partial charge on any atom is -0.493 e. The number of likely N-dealkylation sites (tertiary alicyclic amines) is 1. The van der Waals surface area contributed by atoms with Crippen LogP contribution < -0.4 is 10.3 Å². The number of carbonyl (C=O) groups is 2. The molecule has 0 unspecified atom stereocenters. The van der Waals surface area contributed by atoms with Gasteiger partial charge in [0.05, 0.1) is 23.9 Å². The predicted molar refractivity (Wildman–Crippen MR) is 140 cm³/mol. The molecule has 2 aromatic heterocycles. The van der Waals surface area contributed by atoms with Crippen LogP contribution >= 0.6 is 0 Å². The van der Waals surface area contributed by atoms with Gasteiger partial charge in [0.15, 0.2) is 11.3 Å². The molecule has 3 heterocycles. The first-order chi connectivity index (χ1) is 17.5. The summed E-state index contributed by atoms with van der Waals surface area (Å²) in [5.41, 5.74) is 1.68. The molecule has 0 radical (unpaired) electrons. The standard InChI is InChI=1S/C27H35N5O5/c1-7-9-12-36-21-11-10-17(16(3)33)13-19(21)24-28-22-20(8-2)32(30-23(22)25(34)29-24)18-14-31(15-18)26(35)37-27(4,5)6/h10-11,13,18H,7-9,12,14-15H2,1-6H3,(H,28,29,34). The topological polar surface area (TPSA) is 119 Å². The highest BCUT2D eigenvalue weighted by molar-refractivity contribution is 5.95. The van der Waals surface area contributed by atoms with E-state index in [1.54, 1.807) is 23.1 Å². The van der Waals surface area contributed by atoms with Gasteiger partial charge in [0.2, 0.25) is 0 Å². The van der Waals surface area contributed by atoms with Crippen molar-refractivity contribution in [1.29, 1.82) is 0 Å². The van der Waals surface area contributed by atoms with Gasteiger partial charge in [0, 0.05) is 18.7 Å². The van der Waals surface area contributed by atoms with Crippen LogP contribution in [-0.2, 0) is 11.2 Å². The molecule has 1 aliphatic rings. The summed E-state index contributed by atoms with van der Waals surface area (Å²) in [5, 5.41) is 4.58. The predicted octanol–water partition coefficient (Wildman–Crippen LogP) is 4.52. The van der Waals surface area contributed by atoms with Gasteiger partial charge in [-0.05, 0) is 58.7 Å². The third-order valence-corrected chi connectivity index (χ3v) is 6.24. The highest BCUT2D eigenvalue weighted by Crippen LogP contribution is 2.32. The summed E-state index contributed by atoms with van der Waals surface area (Å²) >= 11 is 0. The average molecular weight is 510 g/mol. The molecule has 1 N–H and O–H groups in total. The molecule has 0 aliphatic carbocycles. The maximum Gasteiger partial charge on any atom is 0.410 e. The number of fused-ring (bicyclic) bond motifs is 1. The average Bonchev–Trinajstić information content (AvgIpc) is 3.15. The Hall–Kier alpha value is -3.69. The first-order valence-electron chi connectivity index (χ1n) is 12.8. The number of benzene rings is 1. The van der Waals surface area contributed by atoms with Gasteiger partial charge in [-0.1, -0.05) is 20.3 Å². The SMILES string of the molecule is CCCCOc1ccc(C(C)=O)cc1-c1nc2c(CC)n(C3CN(C(=O)OC(C)(C)C)C3)nc2c(=O)[nH]1. The number of ether oxygens (including phenoxy) is 2. The second kappa shape index (κ2) is 10.4. The number of nitrogens with zero attached hydrogens (tertiary/aromatic N) is 4. The molecule has 10 nitrogen and oxygen atoms in total. The van der Waals surface area contributed by atoms with Crippen LogP contribution in [0.1, 0.15) is 76.5 Å². The van der Waals surface area contributed by atoms with E-state index < -0.39 is 5.60 Å². The van der Waals surface area contributed by atoms with Crippen LogP contribution in [0.2, 0.25) is 0 Å². The molecule has 1 amide bonds. The van der Waals surface area contributed by atoms with Gasteiger partial charge < -0.3 is 19.4 Å². The van der Waals surface area contributed by atoms with Gasteiger partial charge in [-0.3, -0.25) is 14.3 Å². The third kappa shape index (κ3) is 5.52. The molecule has 10 heteroatoms. The lowest BCUT2D eigenvalue weighted by Gasteiger charge is -2.40. The molecule has 37 heavy (non-hydrogen) atoms. The molecule has 0 bridgehead atoms. The monoisotopic (exact) mass is 509 g/mol. The number of hydrogen-bond donors (Lipinski definition) is 1. The maximum atomic E-state index is 13.1. The fourth-order valence-corrected chi connectivity index (χ4v) is 4.27. The Kier molecular flexibility index (Phi) is 7.38. The highest BCUT2D eigenvalue weighted by Gasteiger charge is 2.37. The number of aromatic amines is 1. The number of ketones is 1. The highest BCUT2D eigenvalue weighted by atomic mass is 16.6. The number of hydrogen-bond acceptors (Lipinski definition) is 7. The van der Waals surface area contributed by atoms with E-state index in [0.717, 1.165) is 18.5 Å². The van der Waals surface area contributed by atoms with Crippen molar-refractivity contribution in [1.82, 2.24) is 24.6 Å². The third-order valence-electron chi connectivity index (χ3n) is 6.24. The Morgan fingerprint density at radius 3 is 2.51 bits per heavy atom. The molecular weight excluding hydrogens is 474 g/mol. The number of H-pyrrole nitrogens is 1.